The summed E-state index contributed by atoms with van der Waals surface area (Å²) >= 11 is 1.20. The number of aliphatic hydroxyl groups excluding tert-OH is 1. The van der Waals surface area contributed by atoms with Crippen molar-refractivity contribution in [2.45, 2.75) is 18.8 Å². The van der Waals surface area contributed by atoms with Gasteiger partial charge in [-0.1, -0.05) is 0 Å². The van der Waals surface area contributed by atoms with Crippen molar-refractivity contribution < 1.29 is 27.5 Å². The Morgan fingerprint density at radius 2 is 2.07 bits per heavy atom. The third-order valence-corrected chi connectivity index (χ3v) is 5.20. The molecule has 2 aromatic heterocycles. The third-order valence-electron chi connectivity index (χ3n) is 4.11. The molecule has 0 saturated carbocycles. The zero-order valence-electron chi connectivity index (χ0n) is 14.8. The largest absolute Gasteiger partial charge is 0.416 e. The number of carbonyl (C=O) groups is 1. The summed E-state index contributed by atoms with van der Waals surface area (Å²) in [5, 5.41) is 12.3. The monoisotopic (exact) mass is 428 g/mol. The Labute approximate surface area is 166 Å². The average Bonchev–Trinajstić information content (AvgIpc) is 3.34. The number of rotatable bonds is 6. The highest BCUT2D eigenvalue weighted by Gasteiger charge is 2.31. The van der Waals surface area contributed by atoms with Crippen molar-refractivity contribution in [1.82, 2.24) is 15.3 Å². The number of nitrogens with two attached hydrogens (primary N) is 1. The molecule has 3 rings (SSSR count). The number of nitrogens with one attached hydrogen (secondary N) is 2. The first kappa shape index (κ1) is 21.0. The molecule has 1 aromatic carbocycles. The first-order chi connectivity index (χ1) is 13.7. The van der Waals surface area contributed by atoms with Gasteiger partial charge >= 0.3 is 6.18 Å². The predicted molar refractivity (Wildman–Crippen MR) is 98.5 cm³/mol. The van der Waals surface area contributed by atoms with Gasteiger partial charge in [0.25, 0.3) is 5.91 Å². The number of benzene rings is 1. The van der Waals surface area contributed by atoms with Crippen LogP contribution in [-0.4, -0.2) is 27.5 Å². The highest BCUT2D eigenvalue weighted by atomic mass is 32.1. The van der Waals surface area contributed by atoms with Gasteiger partial charge in [-0.2, -0.15) is 13.2 Å². The Morgan fingerprint density at radius 3 is 2.66 bits per heavy atom. The highest BCUT2D eigenvalue weighted by Crippen LogP contribution is 2.32. The maximum atomic E-state index is 14.1. The van der Waals surface area contributed by atoms with Crippen LogP contribution in [0.15, 0.2) is 36.5 Å². The van der Waals surface area contributed by atoms with E-state index in [-0.39, 0.29) is 30.1 Å². The van der Waals surface area contributed by atoms with E-state index >= 15 is 0 Å². The molecule has 0 fully saturated rings. The number of aromatic amines is 1. The summed E-state index contributed by atoms with van der Waals surface area (Å²) in [4.78, 5) is 19.8. The first-order valence-corrected chi connectivity index (χ1v) is 9.17. The van der Waals surface area contributed by atoms with Crippen LogP contribution in [0, 0.1) is 5.82 Å². The molecular weight excluding hydrogens is 412 g/mol. The molecule has 154 valence electrons. The van der Waals surface area contributed by atoms with Crippen molar-refractivity contribution in [3.8, 4) is 11.3 Å². The lowest BCUT2D eigenvalue weighted by atomic mass is 10.1. The molecule has 3 aromatic rings. The van der Waals surface area contributed by atoms with E-state index in [1.165, 1.54) is 29.7 Å². The Balaban J connectivity index is 1.77. The summed E-state index contributed by atoms with van der Waals surface area (Å²) in [7, 11) is 0. The maximum absolute atomic E-state index is 14.1. The van der Waals surface area contributed by atoms with Crippen molar-refractivity contribution in [3.63, 3.8) is 0 Å². The Kier molecular flexibility index (Phi) is 6.01. The summed E-state index contributed by atoms with van der Waals surface area (Å²) in [6, 6.07) is 4.42. The van der Waals surface area contributed by atoms with E-state index in [4.69, 9.17) is 10.8 Å². The number of amides is 1. The Morgan fingerprint density at radius 1 is 1.31 bits per heavy atom. The van der Waals surface area contributed by atoms with Crippen LogP contribution in [0.2, 0.25) is 0 Å². The topological polar surface area (TPSA) is 104 Å². The van der Waals surface area contributed by atoms with E-state index in [0.717, 1.165) is 12.1 Å². The van der Waals surface area contributed by atoms with E-state index in [1.807, 2.05) is 0 Å². The molecule has 0 saturated heterocycles. The Bertz CT molecular complexity index is 1020. The molecule has 0 unspecified atom stereocenters. The zero-order chi connectivity index (χ0) is 21.2. The second-order valence-corrected chi connectivity index (χ2v) is 7.20. The third kappa shape index (κ3) is 4.63. The highest BCUT2D eigenvalue weighted by molar-refractivity contribution is 7.11. The normalized spacial score (nSPS) is 12.8. The van der Waals surface area contributed by atoms with Crippen molar-refractivity contribution in [2.24, 2.45) is 5.73 Å². The van der Waals surface area contributed by atoms with Gasteiger partial charge in [0, 0.05) is 28.9 Å². The summed E-state index contributed by atoms with van der Waals surface area (Å²) in [6.07, 6.45) is -3.14. The van der Waals surface area contributed by atoms with Crippen LogP contribution in [0.1, 0.15) is 32.0 Å². The molecular formula is C18H16F4N4O2S. The van der Waals surface area contributed by atoms with Gasteiger partial charge in [0.1, 0.15) is 16.5 Å². The molecule has 11 heteroatoms. The zero-order valence-corrected chi connectivity index (χ0v) is 15.6. The minimum absolute atomic E-state index is 0.0832. The van der Waals surface area contributed by atoms with Gasteiger partial charge in [-0.3, -0.25) is 4.79 Å². The Hall–Kier alpha value is -2.76. The summed E-state index contributed by atoms with van der Waals surface area (Å²) in [5.74, 6) is -1.59. The van der Waals surface area contributed by atoms with Crippen LogP contribution in [0.5, 0.6) is 0 Å². The molecule has 0 aliphatic carbocycles. The van der Waals surface area contributed by atoms with Gasteiger partial charge in [-0.25, -0.2) is 9.37 Å². The van der Waals surface area contributed by atoms with Gasteiger partial charge in [-0.05, 0) is 30.3 Å². The SMILES string of the molecule is NC[C@H](NC(=O)c1ccc(-c2ccc(C(F)(F)F)cc2F)[nH]1)c1cnc(CO)s1. The van der Waals surface area contributed by atoms with Crippen molar-refractivity contribution in [3.05, 3.63) is 63.5 Å². The minimum atomic E-state index is -4.65. The van der Waals surface area contributed by atoms with Crippen LogP contribution in [0.25, 0.3) is 11.3 Å². The number of aromatic nitrogens is 2. The molecule has 29 heavy (non-hydrogen) atoms. The van der Waals surface area contributed by atoms with Crippen molar-refractivity contribution >= 4 is 17.2 Å². The summed E-state index contributed by atoms with van der Waals surface area (Å²) in [6.45, 7) is -0.144. The predicted octanol–water partition coefficient (Wildman–Crippen LogP) is 3.22. The van der Waals surface area contributed by atoms with E-state index in [1.54, 1.807) is 0 Å². The molecule has 1 amide bonds. The quantitative estimate of drug-likeness (QED) is 0.453. The number of hydrogen-bond acceptors (Lipinski definition) is 5. The van der Waals surface area contributed by atoms with Crippen molar-refractivity contribution in [2.75, 3.05) is 6.54 Å². The molecule has 0 radical (unpaired) electrons. The number of halogens is 4. The summed E-state index contributed by atoms with van der Waals surface area (Å²) in [5.41, 5.74) is 4.75. The fraction of sp³-hybridized carbons (Fsp3) is 0.222. The first-order valence-electron chi connectivity index (χ1n) is 8.35. The maximum Gasteiger partial charge on any atom is 0.416 e. The smallest absolute Gasteiger partial charge is 0.389 e. The molecule has 6 nitrogen and oxygen atoms in total. The van der Waals surface area contributed by atoms with Crippen LogP contribution in [0.4, 0.5) is 17.6 Å². The number of carbonyl (C=O) groups excluding carboxylic acids is 1. The number of alkyl halides is 3. The van der Waals surface area contributed by atoms with Crippen LogP contribution < -0.4 is 11.1 Å². The van der Waals surface area contributed by atoms with Crippen LogP contribution >= 0.6 is 11.3 Å². The molecule has 2 heterocycles. The second kappa shape index (κ2) is 8.31. The number of hydrogen-bond donors (Lipinski definition) is 4. The molecule has 1 atom stereocenters. The number of nitrogens with zero attached hydrogens (tertiary/aromatic N) is 1. The molecule has 0 aliphatic rings. The molecule has 5 N–H and O–H groups in total. The van der Waals surface area contributed by atoms with Gasteiger partial charge in [0.15, 0.2) is 0 Å². The number of aliphatic hydroxyl groups is 1. The molecule has 0 bridgehead atoms. The lowest BCUT2D eigenvalue weighted by molar-refractivity contribution is -0.137. The van der Waals surface area contributed by atoms with E-state index in [0.29, 0.717) is 16.0 Å². The minimum Gasteiger partial charge on any atom is -0.389 e. The fourth-order valence-corrected chi connectivity index (χ4v) is 3.48. The van der Waals surface area contributed by atoms with Crippen LogP contribution in [0.3, 0.4) is 0 Å². The second-order valence-electron chi connectivity index (χ2n) is 6.05. The van der Waals surface area contributed by atoms with E-state index in [2.05, 4.69) is 15.3 Å². The number of thiazole rings is 1. The van der Waals surface area contributed by atoms with Crippen LogP contribution in [-0.2, 0) is 12.8 Å². The van der Waals surface area contributed by atoms with Crippen molar-refractivity contribution in [1.29, 1.82) is 0 Å². The van der Waals surface area contributed by atoms with Gasteiger partial charge in [0.05, 0.1) is 18.2 Å². The van der Waals surface area contributed by atoms with Gasteiger partial charge in [-0.15, -0.1) is 11.3 Å². The van der Waals surface area contributed by atoms with Gasteiger partial charge < -0.3 is 21.1 Å². The van der Waals surface area contributed by atoms with E-state index in [9.17, 15) is 22.4 Å². The van der Waals surface area contributed by atoms with Gasteiger partial charge in [0.2, 0.25) is 0 Å². The lowest BCUT2D eigenvalue weighted by Crippen LogP contribution is -2.33. The average molecular weight is 428 g/mol. The standard InChI is InChI=1S/C18H16F4N4O2S/c19-11-5-9(18(20,21)22)1-2-10(11)12-3-4-13(25-12)17(28)26-14(6-23)15-7-24-16(8-27)29-15/h1-5,7,14,25,27H,6,8,23H2,(H,26,28)/t14-/m0/s1. The fourth-order valence-electron chi connectivity index (χ4n) is 2.64. The lowest BCUT2D eigenvalue weighted by Gasteiger charge is -2.14. The molecule has 0 spiro atoms. The molecule has 0 aliphatic heterocycles. The van der Waals surface area contributed by atoms with E-state index < -0.39 is 29.5 Å². The summed E-state index contributed by atoms with van der Waals surface area (Å²) < 4.78 is 52.2. The number of H-pyrrole nitrogens is 1.